The number of halogens is 1. The zero-order valence-electron chi connectivity index (χ0n) is 9.23. The summed E-state index contributed by atoms with van der Waals surface area (Å²) in [4.78, 5) is 5.98. The first-order valence-electron chi connectivity index (χ1n) is 6.02. The van der Waals surface area contributed by atoms with Crippen LogP contribution >= 0.6 is 11.6 Å². The molecule has 2 nitrogen and oxygen atoms in total. The number of hydrogen-bond acceptors (Lipinski definition) is 2. The van der Waals surface area contributed by atoms with E-state index in [0.717, 1.165) is 18.0 Å². The Labute approximate surface area is 101 Å². The third kappa shape index (κ3) is 1.97. The number of rotatable bonds is 1. The molecule has 3 heteroatoms. The summed E-state index contributed by atoms with van der Waals surface area (Å²) in [5.41, 5.74) is 1.25. The number of hydroxylamine groups is 2. The number of nitrogens with zero attached hydrogens (tertiary/aromatic N) is 1. The van der Waals surface area contributed by atoms with Crippen molar-refractivity contribution in [2.45, 2.75) is 37.8 Å². The second-order valence-corrected chi connectivity index (χ2v) is 5.11. The fraction of sp³-hybridized carbons (Fsp3) is 0.538. The SMILES string of the molecule is Clc1ccc([C@H]2C[C@@H]3CCCCN3O2)cc1. The van der Waals surface area contributed by atoms with Gasteiger partial charge in [0.2, 0.25) is 0 Å². The van der Waals surface area contributed by atoms with Crippen molar-refractivity contribution >= 4 is 11.6 Å². The topological polar surface area (TPSA) is 12.5 Å². The summed E-state index contributed by atoms with van der Waals surface area (Å²) in [6.07, 6.45) is 5.26. The van der Waals surface area contributed by atoms with E-state index in [1.165, 1.54) is 24.8 Å². The van der Waals surface area contributed by atoms with E-state index in [0.29, 0.717) is 6.04 Å². The predicted octanol–water partition coefficient (Wildman–Crippen LogP) is 3.57. The summed E-state index contributed by atoms with van der Waals surface area (Å²) >= 11 is 5.89. The van der Waals surface area contributed by atoms with E-state index in [4.69, 9.17) is 16.4 Å². The Balaban J connectivity index is 1.75. The van der Waals surface area contributed by atoms with Crippen LogP contribution < -0.4 is 0 Å². The summed E-state index contributed by atoms with van der Waals surface area (Å²) in [5, 5.41) is 2.97. The molecule has 2 aliphatic heterocycles. The Bertz CT molecular complexity index is 351. The lowest BCUT2D eigenvalue weighted by atomic mass is 9.97. The van der Waals surface area contributed by atoms with Gasteiger partial charge in [-0.3, -0.25) is 4.84 Å². The molecule has 0 aliphatic carbocycles. The Morgan fingerprint density at radius 3 is 2.75 bits per heavy atom. The van der Waals surface area contributed by atoms with Crippen molar-refractivity contribution in [1.29, 1.82) is 0 Å². The fourth-order valence-corrected chi connectivity index (χ4v) is 2.80. The molecular weight excluding hydrogens is 222 g/mol. The third-order valence-corrected chi connectivity index (χ3v) is 3.82. The zero-order chi connectivity index (χ0) is 11.0. The van der Waals surface area contributed by atoms with Crippen molar-refractivity contribution in [3.05, 3.63) is 34.9 Å². The van der Waals surface area contributed by atoms with Crippen LogP contribution in [-0.2, 0) is 4.84 Å². The van der Waals surface area contributed by atoms with Gasteiger partial charge in [-0.25, -0.2) is 0 Å². The van der Waals surface area contributed by atoms with Gasteiger partial charge >= 0.3 is 0 Å². The normalized spacial score (nSPS) is 30.3. The molecule has 2 heterocycles. The van der Waals surface area contributed by atoms with Crippen LogP contribution in [0, 0.1) is 0 Å². The summed E-state index contributed by atoms with van der Waals surface area (Å²) in [5.74, 6) is 0. The van der Waals surface area contributed by atoms with Gasteiger partial charge in [0.25, 0.3) is 0 Å². The van der Waals surface area contributed by atoms with Gasteiger partial charge in [0.1, 0.15) is 6.10 Å². The van der Waals surface area contributed by atoms with E-state index >= 15 is 0 Å². The van der Waals surface area contributed by atoms with Crippen LogP contribution in [0.15, 0.2) is 24.3 Å². The summed E-state index contributed by atoms with van der Waals surface area (Å²) in [6.45, 7) is 1.09. The Kier molecular flexibility index (Phi) is 2.88. The van der Waals surface area contributed by atoms with Gasteiger partial charge in [-0.05, 0) is 37.0 Å². The van der Waals surface area contributed by atoms with Crippen molar-refractivity contribution in [3.8, 4) is 0 Å². The summed E-state index contributed by atoms with van der Waals surface area (Å²) < 4.78 is 0. The van der Waals surface area contributed by atoms with Gasteiger partial charge in [-0.15, -0.1) is 0 Å². The average Bonchev–Trinajstić information content (AvgIpc) is 2.73. The van der Waals surface area contributed by atoms with Gasteiger partial charge in [-0.1, -0.05) is 30.2 Å². The number of piperidine rings is 1. The lowest BCUT2D eigenvalue weighted by Crippen LogP contribution is -2.32. The number of fused-ring (bicyclic) bond motifs is 1. The quantitative estimate of drug-likeness (QED) is 0.741. The van der Waals surface area contributed by atoms with Crippen LogP contribution in [0.5, 0.6) is 0 Å². The van der Waals surface area contributed by atoms with Crippen LogP contribution in [0.4, 0.5) is 0 Å². The van der Waals surface area contributed by atoms with Gasteiger partial charge in [0.05, 0.1) is 0 Å². The average molecular weight is 238 g/mol. The zero-order valence-corrected chi connectivity index (χ0v) is 9.99. The molecule has 2 fully saturated rings. The number of hydrogen-bond donors (Lipinski definition) is 0. The molecule has 0 radical (unpaired) electrons. The van der Waals surface area contributed by atoms with E-state index < -0.39 is 0 Å². The van der Waals surface area contributed by atoms with Crippen LogP contribution in [-0.4, -0.2) is 17.6 Å². The van der Waals surface area contributed by atoms with Gasteiger partial charge in [0.15, 0.2) is 0 Å². The highest BCUT2D eigenvalue weighted by Crippen LogP contribution is 2.37. The monoisotopic (exact) mass is 237 g/mol. The van der Waals surface area contributed by atoms with E-state index in [2.05, 4.69) is 17.2 Å². The first kappa shape index (κ1) is 10.6. The fourth-order valence-electron chi connectivity index (χ4n) is 2.68. The Hall–Kier alpha value is -0.570. The smallest absolute Gasteiger partial charge is 0.106 e. The standard InChI is InChI=1S/C13H16ClNO/c14-11-6-4-10(5-7-11)13-9-12-3-1-2-8-15(12)16-13/h4-7,12-13H,1-3,8-9H2/t12-,13+/m0/s1. The van der Waals surface area contributed by atoms with Crippen molar-refractivity contribution < 1.29 is 4.84 Å². The van der Waals surface area contributed by atoms with Crippen LogP contribution in [0.3, 0.4) is 0 Å². The minimum Gasteiger partial charge on any atom is -0.291 e. The summed E-state index contributed by atoms with van der Waals surface area (Å²) in [6, 6.07) is 8.67. The summed E-state index contributed by atoms with van der Waals surface area (Å²) in [7, 11) is 0. The third-order valence-electron chi connectivity index (χ3n) is 3.56. The molecule has 2 saturated heterocycles. The molecule has 0 unspecified atom stereocenters. The van der Waals surface area contributed by atoms with Crippen molar-refractivity contribution in [2.24, 2.45) is 0 Å². The molecule has 0 amide bonds. The van der Waals surface area contributed by atoms with Gasteiger partial charge < -0.3 is 0 Å². The highest BCUT2D eigenvalue weighted by atomic mass is 35.5. The van der Waals surface area contributed by atoms with Crippen LogP contribution in [0.25, 0.3) is 0 Å². The minimum atomic E-state index is 0.236. The van der Waals surface area contributed by atoms with Crippen molar-refractivity contribution in [1.82, 2.24) is 5.06 Å². The lowest BCUT2D eigenvalue weighted by molar-refractivity contribution is -0.173. The van der Waals surface area contributed by atoms with E-state index in [9.17, 15) is 0 Å². The second-order valence-electron chi connectivity index (χ2n) is 4.67. The predicted molar refractivity (Wildman–Crippen MR) is 64.2 cm³/mol. The molecule has 0 saturated carbocycles. The van der Waals surface area contributed by atoms with Crippen molar-refractivity contribution in [3.63, 3.8) is 0 Å². The molecule has 0 bridgehead atoms. The molecule has 0 aromatic heterocycles. The molecule has 0 N–H and O–H groups in total. The molecular formula is C13H16ClNO. The molecule has 86 valence electrons. The molecule has 3 rings (SSSR count). The van der Waals surface area contributed by atoms with Crippen LogP contribution in [0.1, 0.15) is 37.4 Å². The second kappa shape index (κ2) is 4.36. The van der Waals surface area contributed by atoms with Gasteiger partial charge in [-0.2, -0.15) is 5.06 Å². The number of benzene rings is 1. The Morgan fingerprint density at radius 2 is 2.00 bits per heavy atom. The van der Waals surface area contributed by atoms with Crippen molar-refractivity contribution in [2.75, 3.05) is 6.54 Å². The van der Waals surface area contributed by atoms with Crippen LogP contribution in [0.2, 0.25) is 5.02 Å². The maximum Gasteiger partial charge on any atom is 0.106 e. The lowest BCUT2D eigenvalue weighted by Gasteiger charge is -2.26. The molecule has 16 heavy (non-hydrogen) atoms. The minimum absolute atomic E-state index is 0.236. The molecule has 2 atom stereocenters. The maximum atomic E-state index is 5.98. The van der Waals surface area contributed by atoms with E-state index in [1.54, 1.807) is 0 Å². The first-order chi connectivity index (χ1) is 7.83. The molecule has 1 aromatic carbocycles. The first-order valence-corrected chi connectivity index (χ1v) is 6.39. The highest BCUT2D eigenvalue weighted by Gasteiger charge is 2.35. The Morgan fingerprint density at radius 1 is 1.19 bits per heavy atom. The highest BCUT2D eigenvalue weighted by molar-refractivity contribution is 6.30. The maximum absolute atomic E-state index is 5.98. The molecule has 0 spiro atoms. The largest absolute Gasteiger partial charge is 0.291 e. The molecule has 2 aliphatic rings. The van der Waals surface area contributed by atoms with Gasteiger partial charge in [0, 0.05) is 17.6 Å². The van der Waals surface area contributed by atoms with E-state index in [-0.39, 0.29) is 6.10 Å². The van der Waals surface area contributed by atoms with E-state index in [1.807, 2.05) is 12.1 Å². The molecule has 1 aromatic rings.